The average Bonchev–Trinajstić information content (AvgIpc) is 2.64. The second-order valence-corrected chi connectivity index (χ2v) is 3.88. The molecular weight excluding hydrogens is 241 g/mol. The van der Waals surface area contributed by atoms with Crippen molar-refractivity contribution in [2.24, 2.45) is 5.41 Å². The molecule has 0 aliphatic heterocycles. The number of carboxylic acids is 1. The SMILES string of the molecule is CCC(C)(Cn1nnnc1C(F)(F)F)C(=O)O. The van der Waals surface area contributed by atoms with Gasteiger partial charge in [-0.2, -0.15) is 13.2 Å². The van der Waals surface area contributed by atoms with E-state index in [4.69, 9.17) is 5.11 Å². The lowest BCUT2D eigenvalue weighted by atomic mass is 9.88. The highest BCUT2D eigenvalue weighted by atomic mass is 19.4. The number of carboxylic acid groups (broad SMARTS) is 1. The molecule has 0 aromatic carbocycles. The smallest absolute Gasteiger partial charge is 0.453 e. The van der Waals surface area contributed by atoms with Gasteiger partial charge in [0.05, 0.1) is 12.0 Å². The quantitative estimate of drug-likeness (QED) is 0.870. The fourth-order valence-corrected chi connectivity index (χ4v) is 1.18. The van der Waals surface area contributed by atoms with Crippen LogP contribution >= 0.6 is 0 Å². The Bertz CT molecular complexity index is 417. The minimum Gasteiger partial charge on any atom is -0.481 e. The van der Waals surface area contributed by atoms with Gasteiger partial charge in [-0.15, -0.1) is 5.10 Å². The van der Waals surface area contributed by atoms with E-state index in [-0.39, 0.29) is 6.42 Å². The zero-order valence-corrected chi connectivity index (χ0v) is 9.19. The molecule has 17 heavy (non-hydrogen) atoms. The first-order valence-corrected chi connectivity index (χ1v) is 4.77. The van der Waals surface area contributed by atoms with Gasteiger partial charge in [-0.05, 0) is 23.8 Å². The predicted octanol–water partition coefficient (Wildman–Crippen LogP) is 1.19. The summed E-state index contributed by atoms with van der Waals surface area (Å²) in [5, 5.41) is 17.9. The maximum atomic E-state index is 12.5. The summed E-state index contributed by atoms with van der Waals surface area (Å²) in [5.74, 6) is -2.48. The van der Waals surface area contributed by atoms with Crippen LogP contribution in [0.1, 0.15) is 26.1 Å². The largest absolute Gasteiger partial charge is 0.481 e. The van der Waals surface area contributed by atoms with Gasteiger partial charge >= 0.3 is 12.1 Å². The minimum atomic E-state index is -4.70. The van der Waals surface area contributed by atoms with Crippen LogP contribution < -0.4 is 0 Å². The summed E-state index contributed by atoms with van der Waals surface area (Å²) >= 11 is 0. The first-order chi connectivity index (χ1) is 7.70. The van der Waals surface area contributed by atoms with Gasteiger partial charge < -0.3 is 5.11 Å². The lowest BCUT2D eigenvalue weighted by molar-refractivity contribution is -0.154. The molecule has 0 bridgehead atoms. The van der Waals surface area contributed by atoms with E-state index in [2.05, 4.69) is 15.5 Å². The molecule has 1 rings (SSSR count). The Kier molecular flexibility index (Phi) is 3.39. The standard InChI is InChI=1S/C8H11F3N4O2/c1-3-7(2,6(16)17)4-15-5(8(9,10)11)12-13-14-15/h3-4H2,1-2H3,(H,16,17). The maximum absolute atomic E-state index is 12.5. The lowest BCUT2D eigenvalue weighted by Gasteiger charge is -2.23. The van der Waals surface area contributed by atoms with Crippen LogP contribution in [-0.4, -0.2) is 31.3 Å². The monoisotopic (exact) mass is 252 g/mol. The number of hydrogen-bond acceptors (Lipinski definition) is 4. The van der Waals surface area contributed by atoms with Gasteiger partial charge in [0, 0.05) is 0 Å². The zero-order valence-electron chi connectivity index (χ0n) is 9.19. The van der Waals surface area contributed by atoms with Crippen LogP contribution in [0.4, 0.5) is 13.2 Å². The Morgan fingerprint density at radius 2 is 2.06 bits per heavy atom. The van der Waals surface area contributed by atoms with Gasteiger partial charge in [0.15, 0.2) is 0 Å². The molecule has 96 valence electrons. The van der Waals surface area contributed by atoms with Gasteiger partial charge in [-0.1, -0.05) is 6.92 Å². The van der Waals surface area contributed by atoms with Crippen molar-refractivity contribution in [3.8, 4) is 0 Å². The first-order valence-electron chi connectivity index (χ1n) is 4.77. The average molecular weight is 252 g/mol. The molecular formula is C8H11F3N4O2. The summed E-state index contributed by atoms with van der Waals surface area (Å²) < 4.78 is 37.8. The molecule has 0 saturated carbocycles. The summed E-state index contributed by atoms with van der Waals surface area (Å²) in [6, 6.07) is 0. The van der Waals surface area contributed by atoms with Crippen molar-refractivity contribution >= 4 is 5.97 Å². The van der Waals surface area contributed by atoms with E-state index in [1.54, 1.807) is 6.92 Å². The van der Waals surface area contributed by atoms with Crippen molar-refractivity contribution in [3.05, 3.63) is 5.82 Å². The number of rotatable bonds is 4. The summed E-state index contributed by atoms with van der Waals surface area (Å²) in [7, 11) is 0. The number of aromatic nitrogens is 4. The molecule has 0 amide bonds. The van der Waals surface area contributed by atoms with E-state index >= 15 is 0 Å². The summed E-state index contributed by atoms with van der Waals surface area (Å²) in [6.45, 7) is 2.49. The highest BCUT2D eigenvalue weighted by molar-refractivity contribution is 5.73. The first kappa shape index (κ1) is 13.4. The Labute approximate surface area is 94.4 Å². The highest BCUT2D eigenvalue weighted by Crippen LogP contribution is 2.30. The second-order valence-electron chi connectivity index (χ2n) is 3.88. The molecule has 1 heterocycles. The molecule has 0 aliphatic carbocycles. The van der Waals surface area contributed by atoms with Crippen LogP contribution in [0.5, 0.6) is 0 Å². The van der Waals surface area contributed by atoms with Crippen LogP contribution in [0.25, 0.3) is 0 Å². The van der Waals surface area contributed by atoms with Crippen molar-refractivity contribution in [3.63, 3.8) is 0 Å². The van der Waals surface area contributed by atoms with Gasteiger partial charge in [-0.25, -0.2) is 4.68 Å². The van der Waals surface area contributed by atoms with Crippen molar-refractivity contribution in [2.45, 2.75) is 33.0 Å². The van der Waals surface area contributed by atoms with Crippen molar-refractivity contribution in [1.82, 2.24) is 20.2 Å². The molecule has 0 fully saturated rings. The van der Waals surface area contributed by atoms with Crippen LogP contribution in [-0.2, 0) is 17.5 Å². The molecule has 1 aromatic heterocycles. The predicted molar refractivity (Wildman–Crippen MR) is 48.9 cm³/mol. The minimum absolute atomic E-state index is 0.166. The normalized spacial score (nSPS) is 15.6. The van der Waals surface area contributed by atoms with E-state index in [0.29, 0.717) is 4.68 Å². The van der Waals surface area contributed by atoms with E-state index < -0.39 is 29.9 Å². The number of halogens is 3. The van der Waals surface area contributed by atoms with Crippen LogP contribution in [0.2, 0.25) is 0 Å². The Morgan fingerprint density at radius 1 is 1.47 bits per heavy atom. The maximum Gasteiger partial charge on any atom is 0.453 e. The molecule has 9 heteroatoms. The molecule has 1 unspecified atom stereocenters. The van der Waals surface area contributed by atoms with Crippen LogP contribution in [0, 0.1) is 5.41 Å². The molecule has 1 atom stereocenters. The summed E-state index contributed by atoms with van der Waals surface area (Å²) in [5.41, 5.74) is -1.34. The lowest BCUT2D eigenvalue weighted by Crippen LogP contribution is -2.34. The molecule has 1 N–H and O–H groups in total. The van der Waals surface area contributed by atoms with E-state index in [9.17, 15) is 18.0 Å². The number of tetrazole rings is 1. The van der Waals surface area contributed by atoms with E-state index in [0.717, 1.165) is 0 Å². The third kappa shape index (κ3) is 2.71. The van der Waals surface area contributed by atoms with Crippen molar-refractivity contribution < 1.29 is 23.1 Å². The Hall–Kier alpha value is -1.67. The number of hydrogen-bond donors (Lipinski definition) is 1. The number of aliphatic carboxylic acids is 1. The van der Waals surface area contributed by atoms with Crippen LogP contribution in [0.15, 0.2) is 0 Å². The number of alkyl halides is 3. The number of carbonyl (C=O) groups is 1. The van der Waals surface area contributed by atoms with Gasteiger partial charge in [0.2, 0.25) is 0 Å². The van der Waals surface area contributed by atoms with Gasteiger partial charge in [-0.3, -0.25) is 4.79 Å². The summed E-state index contributed by atoms with van der Waals surface area (Å²) in [4.78, 5) is 11.0. The zero-order chi connectivity index (χ0) is 13.3. The van der Waals surface area contributed by atoms with Crippen LogP contribution in [0.3, 0.4) is 0 Å². The van der Waals surface area contributed by atoms with Gasteiger partial charge in [0.1, 0.15) is 0 Å². The summed E-state index contributed by atoms with van der Waals surface area (Å²) in [6.07, 6.45) is -4.53. The highest BCUT2D eigenvalue weighted by Gasteiger charge is 2.41. The molecule has 0 spiro atoms. The van der Waals surface area contributed by atoms with Crippen molar-refractivity contribution in [1.29, 1.82) is 0 Å². The van der Waals surface area contributed by atoms with Gasteiger partial charge in [0.25, 0.3) is 5.82 Å². The molecule has 6 nitrogen and oxygen atoms in total. The third-order valence-electron chi connectivity index (χ3n) is 2.58. The fourth-order valence-electron chi connectivity index (χ4n) is 1.18. The Balaban J connectivity index is 3.04. The van der Waals surface area contributed by atoms with Crippen molar-refractivity contribution in [2.75, 3.05) is 0 Å². The Morgan fingerprint density at radius 3 is 2.47 bits per heavy atom. The third-order valence-corrected chi connectivity index (χ3v) is 2.58. The molecule has 0 radical (unpaired) electrons. The topological polar surface area (TPSA) is 80.9 Å². The molecule has 1 aromatic rings. The number of nitrogens with zero attached hydrogens (tertiary/aromatic N) is 4. The van der Waals surface area contributed by atoms with E-state index in [1.807, 2.05) is 0 Å². The molecule has 0 aliphatic rings. The fraction of sp³-hybridized carbons (Fsp3) is 0.750. The van der Waals surface area contributed by atoms with E-state index in [1.165, 1.54) is 6.92 Å². The molecule has 0 saturated heterocycles. The second kappa shape index (κ2) is 4.30.